The van der Waals surface area contributed by atoms with Crippen molar-refractivity contribution in [3.63, 3.8) is 0 Å². The summed E-state index contributed by atoms with van der Waals surface area (Å²) in [5, 5.41) is 5.38. The smallest absolute Gasteiger partial charge is 0.257 e. The van der Waals surface area contributed by atoms with Gasteiger partial charge in [-0.1, -0.05) is 18.2 Å². The Hall–Kier alpha value is -3.52. The van der Waals surface area contributed by atoms with Gasteiger partial charge in [-0.25, -0.2) is 8.42 Å². The molecule has 0 fully saturated rings. The summed E-state index contributed by atoms with van der Waals surface area (Å²) in [6, 6.07) is 15.8. The van der Waals surface area contributed by atoms with Gasteiger partial charge in [0.25, 0.3) is 11.8 Å². The normalized spacial score (nSPS) is 14.1. The minimum Gasteiger partial charge on any atom is -0.352 e. The van der Waals surface area contributed by atoms with E-state index >= 15 is 0 Å². The fraction of sp³-hybridized carbons (Fsp3) is 0.0952. The Labute approximate surface area is 167 Å². The Morgan fingerprint density at radius 1 is 1.00 bits per heavy atom. The van der Waals surface area contributed by atoms with E-state index in [2.05, 4.69) is 15.6 Å². The number of nitrogens with zero attached hydrogens (tertiary/aromatic N) is 1. The molecule has 7 nitrogen and oxygen atoms in total. The lowest BCUT2D eigenvalue weighted by Crippen LogP contribution is -2.26. The van der Waals surface area contributed by atoms with Gasteiger partial charge in [-0.3, -0.25) is 14.6 Å². The summed E-state index contributed by atoms with van der Waals surface area (Å²) in [5.41, 5.74) is 1.27. The molecule has 1 aliphatic heterocycles. The predicted molar refractivity (Wildman–Crippen MR) is 107 cm³/mol. The van der Waals surface area contributed by atoms with E-state index in [1.165, 1.54) is 30.3 Å². The number of pyridine rings is 1. The Kier molecular flexibility index (Phi) is 4.85. The highest BCUT2D eigenvalue weighted by Gasteiger charge is 2.31. The lowest BCUT2D eigenvalue weighted by atomic mass is 10.1. The van der Waals surface area contributed by atoms with Crippen molar-refractivity contribution in [2.24, 2.45) is 0 Å². The van der Waals surface area contributed by atoms with Crippen LogP contribution in [0.1, 0.15) is 26.4 Å². The number of carbonyl (C=O) groups is 2. The molecule has 0 spiro atoms. The van der Waals surface area contributed by atoms with E-state index in [4.69, 9.17) is 0 Å². The zero-order valence-corrected chi connectivity index (χ0v) is 16.1. The van der Waals surface area contributed by atoms with E-state index in [0.717, 1.165) is 5.69 Å². The Bertz CT molecular complexity index is 1210. The fourth-order valence-corrected chi connectivity index (χ4v) is 4.74. The number of sulfone groups is 1. The number of anilines is 1. The Morgan fingerprint density at radius 2 is 1.79 bits per heavy atom. The minimum atomic E-state index is -3.89. The highest BCUT2D eigenvalue weighted by Crippen LogP contribution is 2.34. The van der Waals surface area contributed by atoms with Crippen LogP contribution >= 0.6 is 0 Å². The van der Waals surface area contributed by atoms with Crippen LogP contribution < -0.4 is 10.6 Å². The first kappa shape index (κ1) is 18.8. The second kappa shape index (κ2) is 7.48. The maximum atomic E-state index is 13.0. The van der Waals surface area contributed by atoms with E-state index in [0.29, 0.717) is 13.0 Å². The largest absolute Gasteiger partial charge is 0.352 e. The van der Waals surface area contributed by atoms with Gasteiger partial charge in [0.1, 0.15) is 0 Å². The van der Waals surface area contributed by atoms with E-state index < -0.39 is 15.7 Å². The Balaban J connectivity index is 1.58. The average molecular weight is 407 g/mol. The number of fused-ring (bicyclic) bond motifs is 2. The molecule has 3 aromatic rings. The molecule has 1 aromatic heterocycles. The molecule has 0 unspecified atom stereocenters. The van der Waals surface area contributed by atoms with E-state index in [-0.39, 0.29) is 32.5 Å². The summed E-state index contributed by atoms with van der Waals surface area (Å²) in [6.07, 6.45) is 2.25. The minimum absolute atomic E-state index is 0.0409. The van der Waals surface area contributed by atoms with Crippen molar-refractivity contribution < 1.29 is 18.0 Å². The van der Waals surface area contributed by atoms with Gasteiger partial charge in [0.2, 0.25) is 9.84 Å². The maximum Gasteiger partial charge on any atom is 0.257 e. The average Bonchev–Trinajstić information content (AvgIpc) is 2.81. The van der Waals surface area contributed by atoms with Gasteiger partial charge >= 0.3 is 0 Å². The third-order valence-electron chi connectivity index (χ3n) is 4.59. The molecule has 0 aliphatic carbocycles. The molecule has 2 aromatic carbocycles. The summed E-state index contributed by atoms with van der Waals surface area (Å²) in [6.45, 7) is 0.378. The maximum absolute atomic E-state index is 13.0. The van der Waals surface area contributed by atoms with Crippen LogP contribution in [0.3, 0.4) is 0 Å². The van der Waals surface area contributed by atoms with Crippen molar-refractivity contribution in [3.8, 4) is 0 Å². The van der Waals surface area contributed by atoms with E-state index in [9.17, 15) is 18.0 Å². The molecule has 2 amide bonds. The number of amides is 2. The van der Waals surface area contributed by atoms with Gasteiger partial charge in [0.05, 0.1) is 21.0 Å². The molecular weight excluding hydrogens is 390 g/mol. The summed E-state index contributed by atoms with van der Waals surface area (Å²) in [7, 11) is -3.89. The molecule has 0 atom stereocenters. The van der Waals surface area contributed by atoms with E-state index in [1.54, 1.807) is 18.3 Å². The van der Waals surface area contributed by atoms with Gasteiger partial charge in [-0.05, 0) is 42.5 Å². The molecule has 1 aliphatic rings. The molecule has 0 saturated heterocycles. The van der Waals surface area contributed by atoms with Crippen LogP contribution in [0.2, 0.25) is 0 Å². The third-order valence-corrected chi connectivity index (χ3v) is 6.46. The molecule has 4 rings (SSSR count). The van der Waals surface area contributed by atoms with Crippen LogP contribution in [0.5, 0.6) is 0 Å². The van der Waals surface area contributed by atoms with Gasteiger partial charge in [-0.15, -0.1) is 0 Å². The van der Waals surface area contributed by atoms with Crippen LogP contribution in [0.25, 0.3) is 0 Å². The summed E-state index contributed by atoms with van der Waals surface area (Å²) < 4.78 is 25.9. The SMILES string of the molecule is O=C(NCCc1ccccn1)c1ccc2c(c1)NC(=O)c1ccccc1S2(=O)=O. The van der Waals surface area contributed by atoms with Crippen LogP contribution in [-0.4, -0.2) is 31.8 Å². The van der Waals surface area contributed by atoms with Crippen LogP contribution in [0, 0.1) is 0 Å². The molecule has 0 saturated carbocycles. The quantitative estimate of drug-likeness (QED) is 0.691. The number of hydrogen-bond acceptors (Lipinski definition) is 5. The van der Waals surface area contributed by atoms with Crippen molar-refractivity contribution in [1.29, 1.82) is 0 Å². The monoisotopic (exact) mass is 407 g/mol. The number of nitrogens with one attached hydrogen (secondary N) is 2. The van der Waals surface area contributed by atoms with Gasteiger partial charge in [-0.2, -0.15) is 0 Å². The summed E-state index contributed by atoms with van der Waals surface area (Å²) in [4.78, 5) is 29.1. The zero-order valence-electron chi connectivity index (χ0n) is 15.3. The number of aromatic nitrogens is 1. The standard InChI is InChI=1S/C21H17N3O4S/c25-20(23-12-10-15-5-3-4-11-22-15)14-8-9-19-17(13-14)24-21(26)16-6-1-2-7-18(16)29(19,27)28/h1-9,11,13H,10,12H2,(H,23,25)(H,24,26). The summed E-state index contributed by atoms with van der Waals surface area (Å²) in [5.74, 6) is -0.896. The Morgan fingerprint density at radius 3 is 2.59 bits per heavy atom. The lowest BCUT2D eigenvalue weighted by molar-refractivity contribution is 0.0952. The third kappa shape index (κ3) is 3.62. The van der Waals surface area contributed by atoms with E-state index in [1.807, 2.05) is 18.2 Å². The molecule has 29 heavy (non-hydrogen) atoms. The van der Waals surface area contributed by atoms with Crippen LogP contribution in [0.4, 0.5) is 5.69 Å². The molecule has 2 heterocycles. The first-order valence-electron chi connectivity index (χ1n) is 8.94. The molecule has 8 heteroatoms. The molecule has 0 radical (unpaired) electrons. The lowest BCUT2D eigenvalue weighted by Gasteiger charge is -2.10. The first-order valence-corrected chi connectivity index (χ1v) is 10.4. The number of hydrogen-bond donors (Lipinski definition) is 2. The first-order chi connectivity index (χ1) is 14.0. The van der Waals surface area contributed by atoms with Crippen molar-refractivity contribution in [2.75, 3.05) is 11.9 Å². The highest BCUT2D eigenvalue weighted by molar-refractivity contribution is 7.91. The van der Waals surface area contributed by atoms with Crippen molar-refractivity contribution >= 4 is 27.3 Å². The zero-order chi connectivity index (χ0) is 20.4. The van der Waals surface area contributed by atoms with Crippen molar-refractivity contribution in [1.82, 2.24) is 10.3 Å². The molecule has 146 valence electrons. The summed E-state index contributed by atoms with van der Waals surface area (Å²) >= 11 is 0. The fourth-order valence-electron chi connectivity index (χ4n) is 3.15. The number of rotatable bonds is 4. The topological polar surface area (TPSA) is 105 Å². The van der Waals surface area contributed by atoms with Gasteiger partial charge in [0, 0.05) is 30.4 Å². The molecule has 2 N–H and O–H groups in total. The molecular formula is C21H17N3O4S. The van der Waals surface area contributed by atoms with Crippen molar-refractivity contribution in [3.05, 3.63) is 83.7 Å². The number of carbonyl (C=O) groups excluding carboxylic acids is 2. The highest BCUT2D eigenvalue weighted by atomic mass is 32.2. The second-order valence-corrected chi connectivity index (χ2v) is 8.38. The molecule has 0 bridgehead atoms. The number of benzene rings is 2. The van der Waals surface area contributed by atoms with Crippen molar-refractivity contribution in [2.45, 2.75) is 16.2 Å². The van der Waals surface area contributed by atoms with Gasteiger partial charge in [0.15, 0.2) is 0 Å². The van der Waals surface area contributed by atoms with Crippen LogP contribution in [0.15, 0.2) is 76.7 Å². The predicted octanol–water partition coefficient (Wildman–Crippen LogP) is 2.45. The van der Waals surface area contributed by atoms with Gasteiger partial charge < -0.3 is 10.6 Å². The van der Waals surface area contributed by atoms with Crippen LogP contribution in [-0.2, 0) is 16.3 Å². The second-order valence-electron chi connectivity index (χ2n) is 6.49.